The van der Waals surface area contributed by atoms with Gasteiger partial charge in [0.25, 0.3) is 11.8 Å². The lowest BCUT2D eigenvalue weighted by molar-refractivity contribution is -0.158. The van der Waals surface area contributed by atoms with E-state index in [1.807, 2.05) is 6.92 Å². The molecule has 1 N–H and O–H groups in total. The van der Waals surface area contributed by atoms with Gasteiger partial charge in [0, 0.05) is 12.6 Å². The van der Waals surface area contributed by atoms with Crippen molar-refractivity contribution < 1.29 is 14.3 Å². The molecule has 1 aliphatic heterocycles. The Balaban J connectivity index is 2.40. The lowest BCUT2D eigenvalue weighted by Gasteiger charge is -2.27. The van der Waals surface area contributed by atoms with E-state index in [9.17, 15) is 9.59 Å². The Kier molecular flexibility index (Phi) is 4.71. The molecule has 86 valence electrons. The van der Waals surface area contributed by atoms with E-state index in [1.54, 1.807) is 0 Å². The van der Waals surface area contributed by atoms with E-state index >= 15 is 0 Å². The van der Waals surface area contributed by atoms with Crippen molar-refractivity contribution in [1.29, 1.82) is 0 Å². The number of imide groups is 1. The van der Waals surface area contributed by atoms with Crippen molar-refractivity contribution in [3.8, 4) is 0 Å². The van der Waals surface area contributed by atoms with E-state index in [0.717, 1.165) is 13.0 Å². The predicted molar refractivity (Wildman–Crippen MR) is 55.3 cm³/mol. The van der Waals surface area contributed by atoms with E-state index in [-0.39, 0.29) is 31.1 Å². The Morgan fingerprint density at radius 2 is 2.00 bits per heavy atom. The maximum atomic E-state index is 11.4. The van der Waals surface area contributed by atoms with Crippen molar-refractivity contribution in [2.45, 2.75) is 26.3 Å². The average Bonchev–Trinajstić information content (AvgIpc) is 2.21. The van der Waals surface area contributed by atoms with Crippen LogP contribution in [-0.4, -0.2) is 49.1 Å². The van der Waals surface area contributed by atoms with Crippen LogP contribution in [0.4, 0.5) is 0 Å². The fourth-order valence-corrected chi connectivity index (χ4v) is 1.45. The third-order valence-electron chi connectivity index (χ3n) is 2.25. The van der Waals surface area contributed by atoms with E-state index in [2.05, 4.69) is 12.2 Å². The predicted octanol–water partition coefficient (Wildman–Crippen LogP) is -0.240. The normalized spacial score (nSPS) is 19.5. The quantitative estimate of drug-likeness (QED) is 0.642. The van der Waals surface area contributed by atoms with Crippen molar-refractivity contribution in [1.82, 2.24) is 10.2 Å². The van der Waals surface area contributed by atoms with E-state index in [1.165, 1.54) is 4.90 Å². The molecule has 0 bridgehead atoms. The fraction of sp³-hybridized carbons (Fsp3) is 0.800. The number of carbonyl (C=O) groups excluding carboxylic acids is 2. The molecule has 1 saturated heterocycles. The molecular formula is C10H18N2O3. The van der Waals surface area contributed by atoms with Crippen molar-refractivity contribution >= 4 is 11.8 Å². The number of hydrogen-bond acceptors (Lipinski definition) is 4. The molecule has 0 aromatic rings. The second kappa shape index (κ2) is 5.82. The van der Waals surface area contributed by atoms with Crippen LogP contribution in [0.5, 0.6) is 0 Å². The molecule has 5 heteroatoms. The first-order valence-corrected chi connectivity index (χ1v) is 5.29. The fourth-order valence-electron chi connectivity index (χ4n) is 1.45. The highest BCUT2D eigenvalue weighted by Crippen LogP contribution is 2.02. The van der Waals surface area contributed by atoms with E-state index < -0.39 is 0 Å². The third-order valence-corrected chi connectivity index (χ3v) is 2.25. The summed E-state index contributed by atoms with van der Waals surface area (Å²) >= 11 is 0. The summed E-state index contributed by atoms with van der Waals surface area (Å²) in [6, 6.07) is 0.135. The van der Waals surface area contributed by atoms with Gasteiger partial charge in [-0.05, 0) is 19.9 Å². The monoisotopic (exact) mass is 214 g/mol. The third kappa shape index (κ3) is 3.60. The van der Waals surface area contributed by atoms with Gasteiger partial charge in [0.05, 0.1) is 0 Å². The minimum Gasteiger partial charge on any atom is -0.362 e. The molecule has 1 aliphatic rings. The van der Waals surface area contributed by atoms with Gasteiger partial charge in [-0.15, -0.1) is 0 Å². The molecule has 1 rings (SSSR count). The molecule has 5 nitrogen and oxygen atoms in total. The van der Waals surface area contributed by atoms with Gasteiger partial charge in [0.1, 0.15) is 13.2 Å². The van der Waals surface area contributed by atoms with Crippen LogP contribution in [0.1, 0.15) is 20.3 Å². The molecule has 1 unspecified atom stereocenters. The van der Waals surface area contributed by atoms with E-state index in [0.29, 0.717) is 6.54 Å². The van der Waals surface area contributed by atoms with Crippen LogP contribution in [0.15, 0.2) is 0 Å². The largest absolute Gasteiger partial charge is 0.362 e. The zero-order valence-electron chi connectivity index (χ0n) is 9.28. The minimum absolute atomic E-state index is 0.0201. The highest BCUT2D eigenvalue weighted by Gasteiger charge is 2.27. The summed E-state index contributed by atoms with van der Waals surface area (Å²) in [6.45, 7) is 5.41. The maximum Gasteiger partial charge on any atom is 0.255 e. The second-order valence-electron chi connectivity index (χ2n) is 3.75. The van der Waals surface area contributed by atoms with Crippen LogP contribution < -0.4 is 5.32 Å². The number of rotatable bonds is 5. The second-order valence-corrected chi connectivity index (χ2v) is 3.75. The molecule has 15 heavy (non-hydrogen) atoms. The first kappa shape index (κ1) is 12.1. The van der Waals surface area contributed by atoms with Gasteiger partial charge in [0.15, 0.2) is 0 Å². The molecule has 1 atom stereocenters. The van der Waals surface area contributed by atoms with Crippen LogP contribution in [0.25, 0.3) is 0 Å². The molecule has 1 heterocycles. The zero-order valence-corrected chi connectivity index (χ0v) is 9.28. The Morgan fingerprint density at radius 3 is 2.53 bits per heavy atom. The lowest BCUT2D eigenvalue weighted by Crippen LogP contribution is -2.51. The Morgan fingerprint density at radius 1 is 1.40 bits per heavy atom. The van der Waals surface area contributed by atoms with Crippen molar-refractivity contribution in [2.24, 2.45) is 0 Å². The zero-order chi connectivity index (χ0) is 11.3. The number of nitrogens with zero attached hydrogens (tertiary/aromatic N) is 1. The number of morpholine rings is 1. The van der Waals surface area contributed by atoms with Crippen LogP contribution >= 0.6 is 0 Å². The first-order valence-electron chi connectivity index (χ1n) is 5.29. The molecule has 0 aliphatic carbocycles. The summed E-state index contributed by atoms with van der Waals surface area (Å²) in [4.78, 5) is 24.0. The standard InChI is InChI=1S/C10H18N2O3/c1-3-4-11-8(2)5-12-9(13)6-15-7-10(12)14/h8,11H,3-7H2,1-2H3. The van der Waals surface area contributed by atoms with Crippen LogP contribution in [-0.2, 0) is 14.3 Å². The van der Waals surface area contributed by atoms with Crippen LogP contribution in [0.2, 0.25) is 0 Å². The number of amides is 2. The number of nitrogens with one attached hydrogen (secondary N) is 1. The van der Waals surface area contributed by atoms with Crippen molar-refractivity contribution in [2.75, 3.05) is 26.3 Å². The SMILES string of the molecule is CCCNC(C)CN1C(=O)COCC1=O. The molecule has 0 spiro atoms. The molecule has 0 radical (unpaired) electrons. The summed E-state index contributed by atoms with van der Waals surface area (Å²) < 4.78 is 4.83. The molecule has 0 aromatic carbocycles. The molecule has 2 amide bonds. The van der Waals surface area contributed by atoms with Gasteiger partial charge in [-0.25, -0.2) is 0 Å². The Hall–Kier alpha value is -0.940. The smallest absolute Gasteiger partial charge is 0.255 e. The number of ether oxygens (including phenoxy) is 1. The van der Waals surface area contributed by atoms with Gasteiger partial charge >= 0.3 is 0 Å². The summed E-state index contributed by atoms with van der Waals surface area (Å²) in [5.41, 5.74) is 0. The van der Waals surface area contributed by atoms with Gasteiger partial charge in [0.2, 0.25) is 0 Å². The first-order chi connectivity index (χ1) is 7.15. The van der Waals surface area contributed by atoms with Crippen molar-refractivity contribution in [3.05, 3.63) is 0 Å². The highest BCUT2D eigenvalue weighted by molar-refractivity contribution is 5.98. The van der Waals surface area contributed by atoms with Gasteiger partial charge in [-0.2, -0.15) is 0 Å². The highest BCUT2D eigenvalue weighted by atomic mass is 16.5. The molecule has 0 saturated carbocycles. The Labute approximate surface area is 89.8 Å². The van der Waals surface area contributed by atoms with Gasteiger partial charge in [-0.3, -0.25) is 14.5 Å². The molecule has 1 fully saturated rings. The topological polar surface area (TPSA) is 58.6 Å². The minimum atomic E-state index is -0.239. The number of hydrogen-bond donors (Lipinski definition) is 1. The van der Waals surface area contributed by atoms with E-state index in [4.69, 9.17) is 4.74 Å². The van der Waals surface area contributed by atoms with Crippen molar-refractivity contribution in [3.63, 3.8) is 0 Å². The Bertz CT molecular complexity index is 227. The number of carbonyl (C=O) groups is 2. The van der Waals surface area contributed by atoms with Crippen LogP contribution in [0.3, 0.4) is 0 Å². The molecule has 0 aromatic heterocycles. The van der Waals surface area contributed by atoms with Gasteiger partial charge in [-0.1, -0.05) is 6.92 Å². The lowest BCUT2D eigenvalue weighted by atomic mass is 10.2. The average molecular weight is 214 g/mol. The summed E-state index contributed by atoms with van der Waals surface area (Å²) in [5, 5.41) is 3.23. The molecular weight excluding hydrogens is 196 g/mol. The van der Waals surface area contributed by atoms with Crippen LogP contribution in [0, 0.1) is 0 Å². The summed E-state index contributed by atoms with van der Waals surface area (Å²) in [7, 11) is 0. The maximum absolute atomic E-state index is 11.4. The summed E-state index contributed by atoms with van der Waals surface area (Å²) in [6.07, 6.45) is 1.04. The van der Waals surface area contributed by atoms with Gasteiger partial charge < -0.3 is 10.1 Å². The summed E-state index contributed by atoms with van der Waals surface area (Å²) in [5.74, 6) is -0.479.